The van der Waals surface area contributed by atoms with Gasteiger partial charge in [-0.05, 0) is 18.2 Å². The lowest BCUT2D eigenvalue weighted by molar-refractivity contribution is -0.118. The summed E-state index contributed by atoms with van der Waals surface area (Å²) in [6, 6.07) is 5.44. The SMILES string of the molecule is O=C1COc2cc(S(=O)(=O)Nc3ccc(F)c(Cl)c3)c(O)cc2N1. The van der Waals surface area contributed by atoms with Crippen molar-refractivity contribution in [2.24, 2.45) is 0 Å². The first-order valence-electron chi connectivity index (χ1n) is 6.54. The number of benzene rings is 2. The van der Waals surface area contributed by atoms with Gasteiger partial charge in [-0.15, -0.1) is 0 Å². The number of carbonyl (C=O) groups is 1. The van der Waals surface area contributed by atoms with Crippen LogP contribution < -0.4 is 14.8 Å². The van der Waals surface area contributed by atoms with E-state index in [2.05, 4.69) is 10.0 Å². The molecule has 2 aromatic rings. The Bertz CT molecular complexity index is 948. The number of halogens is 2. The zero-order valence-corrected chi connectivity index (χ0v) is 13.4. The van der Waals surface area contributed by atoms with Crippen molar-refractivity contribution in [1.82, 2.24) is 0 Å². The van der Waals surface area contributed by atoms with Crippen LogP contribution >= 0.6 is 11.6 Å². The molecule has 0 fully saturated rings. The van der Waals surface area contributed by atoms with Crippen LogP contribution in [0.1, 0.15) is 0 Å². The molecule has 1 heterocycles. The molecular weight excluding hydrogens is 363 g/mol. The highest BCUT2D eigenvalue weighted by Crippen LogP contribution is 2.37. The van der Waals surface area contributed by atoms with Crippen LogP contribution in [0.15, 0.2) is 35.2 Å². The van der Waals surface area contributed by atoms with Crippen molar-refractivity contribution >= 4 is 38.9 Å². The molecule has 3 rings (SSSR count). The summed E-state index contributed by atoms with van der Waals surface area (Å²) >= 11 is 5.61. The second-order valence-electron chi connectivity index (χ2n) is 4.89. The Morgan fingerprint density at radius 1 is 1.29 bits per heavy atom. The monoisotopic (exact) mass is 372 g/mol. The van der Waals surface area contributed by atoms with Gasteiger partial charge >= 0.3 is 0 Å². The summed E-state index contributed by atoms with van der Waals surface area (Å²) in [5.41, 5.74) is 0.181. The number of carbonyl (C=O) groups excluding carboxylic acids is 1. The summed E-state index contributed by atoms with van der Waals surface area (Å²) in [5, 5.41) is 12.1. The minimum atomic E-state index is -4.19. The predicted molar refractivity (Wildman–Crippen MR) is 84.5 cm³/mol. The largest absolute Gasteiger partial charge is 0.506 e. The quantitative estimate of drug-likeness (QED) is 0.767. The minimum absolute atomic E-state index is 0.0211. The van der Waals surface area contributed by atoms with E-state index < -0.39 is 32.4 Å². The Labute approximate surface area is 141 Å². The number of hydrogen-bond acceptors (Lipinski definition) is 5. The van der Waals surface area contributed by atoms with E-state index in [4.69, 9.17) is 16.3 Å². The van der Waals surface area contributed by atoms with Crippen LogP contribution in [0, 0.1) is 5.82 Å². The van der Waals surface area contributed by atoms with E-state index in [1.807, 2.05) is 0 Å². The van der Waals surface area contributed by atoms with Crippen molar-refractivity contribution in [1.29, 1.82) is 0 Å². The van der Waals surface area contributed by atoms with Gasteiger partial charge in [-0.25, -0.2) is 12.8 Å². The summed E-state index contributed by atoms with van der Waals surface area (Å²) in [6.45, 7) is -0.266. The number of phenols is 1. The molecule has 0 atom stereocenters. The van der Waals surface area contributed by atoms with Crippen LogP contribution in [0.5, 0.6) is 11.5 Å². The molecule has 24 heavy (non-hydrogen) atoms. The maximum atomic E-state index is 13.1. The van der Waals surface area contributed by atoms with Crippen LogP contribution in [0.4, 0.5) is 15.8 Å². The molecule has 0 radical (unpaired) electrons. The van der Waals surface area contributed by atoms with Gasteiger partial charge in [-0.1, -0.05) is 11.6 Å². The number of hydrogen-bond donors (Lipinski definition) is 3. The van der Waals surface area contributed by atoms with Crippen molar-refractivity contribution in [2.75, 3.05) is 16.6 Å². The van der Waals surface area contributed by atoms with Crippen LogP contribution in [0.3, 0.4) is 0 Å². The third-order valence-corrected chi connectivity index (χ3v) is 4.86. The average Bonchev–Trinajstić information content (AvgIpc) is 2.49. The zero-order chi connectivity index (χ0) is 17.5. The van der Waals surface area contributed by atoms with E-state index in [-0.39, 0.29) is 28.8 Å². The average molecular weight is 373 g/mol. The van der Waals surface area contributed by atoms with Crippen molar-refractivity contribution in [2.45, 2.75) is 4.90 Å². The molecule has 0 saturated heterocycles. The van der Waals surface area contributed by atoms with Gasteiger partial charge in [0.25, 0.3) is 15.9 Å². The summed E-state index contributed by atoms with van der Waals surface area (Å²) < 4.78 is 45.3. The number of fused-ring (bicyclic) bond motifs is 1. The van der Waals surface area contributed by atoms with Gasteiger partial charge in [-0.3, -0.25) is 9.52 Å². The normalized spacial score (nSPS) is 13.7. The van der Waals surface area contributed by atoms with Gasteiger partial charge in [0.2, 0.25) is 0 Å². The molecule has 0 unspecified atom stereocenters. The van der Waals surface area contributed by atoms with E-state index in [9.17, 15) is 22.7 Å². The number of nitrogens with one attached hydrogen (secondary N) is 2. The van der Waals surface area contributed by atoms with E-state index >= 15 is 0 Å². The Morgan fingerprint density at radius 2 is 2.04 bits per heavy atom. The fraction of sp³-hybridized carbons (Fsp3) is 0.0714. The molecule has 1 aliphatic rings. The number of phenolic OH excluding ortho intramolecular Hbond substituents is 1. The van der Waals surface area contributed by atoms with Gasteiger partial charge in [0, 0.05) is 12.1 Å². The van der Waals surface area contributed by atoms with Crippen molar-refractivity contribution in [3.63, 3.8) is 0 Å². The summed E-state index contributed by atoms with van der Waals surface area (Å²) in [7, 11) is -4.19. The molecule has 1 amide bonds. The number of ether oxygens (including phenoxy) is 1. The minimum Gasteiger partial charge on any atom is -0.506 e. The maximum absolute atomic E-state index is 13.1. The van der Waals surface area contributed by atoms with Gasteiger partial charge < -0.3 is 15.2 Å². The third-order valence-electron chi connectivity index (χ3n) is 3.16. The fourth-order valence-corrected chi connectivity index (χ4v) is 3.41. The summed E-state index contributed by atoms with van der Waals surface area (Å²) in [6.07, 6.45) is 0. The second kappa shape index (κ2) is 5.84. The number of sulfonamides is 1. The highest BCUT2D eigenvalue weighted by molar-refractivity contribution is 7.92. The molecule has 0 saturated carbocycles. The summed E-state index contributed by atoms with van der Waals surface area (Å²) in [4.78, 5) is 10.8. The fourth-order valence-electron chi connectivity index (χ4n) is 2.08. The van der Waals surface area contributed by atoms with Crippen molar-refractivity contribution in [3.8, 4) is 11.5 Å². The molecule has 7 nitrogen and oxygen atoms in total. The molecule has 126 valence electrons. The molecule has 0 bridgehead atoms. The molecule has 0 aromatic heterocycles. The topological polar surface area (TPSA) is 105 Å². The molecule has 0 spiro atoms. The summed E-state index contributed by atoms with van der Waals surface area (Å²) in [5.74, 6) is -1.60. The number of amides is 1. The Morgan fingerprint density at radius 3 is 2.75 bits per heavy atom. The second-order valence-corrected chi connectivity index (χ2v) is 6.95. The Kier molecular flexibility index (Phi) is 3.98. The van der Waals surface area contributed by atoms with Gasteiger partial charge in [-0.2, -0.15) is 0 Å². The van der Waals surface area contributed by atoms with Crippen molar-refractivity contribution < 1.29 is 27.4 Å². The smallest absolute Gasteiger partial charge is 0.265 e. The Hall–Kier alpha value is -2.52. The first-order chi connectivity index (χ1) is 11.3. The molecule has 1 aliphatic heterocycles. The van der Waals surface area contributed by atoms with E-state index in [1.165, 1.54) is 6.07 Å². The molecular formula is C14H10ClFN2O5S. The first-order valence-corrected chi connectivity index (χ1v) is 8.40. The third kappa shape index (κ3) is 3.08. The lowest BCUT2D eigenvalue weighted by Crippen LogP contribution is -2.25. The lowest BCUT2D eigenvalue weighted by atomic mass is 10.2. The van der Waals surface area contributed by atoms with E-state index in [0.29, 0.717) is 0 Å². The number of rotatable bonds is 3. The van der Waals surface area contributed by atoms with E-state index in [0.717, 1.165) is 24.3 Å². The first kappa shape index (κ1) is 16.3. The van der Waals surface area contributed by atoms with Gasteiger partial charge in [0.1, 0.15) is 22.2 Å². The lowest BCUT2D eigenvalue weighted by Gasteiger charge is -2.19. The van der Waals surface area contributed by atoms with E-state index in [1.54, 1.807) is 0 Å². The van der Waals surface area contributed by atoms with Gasteiger partial charge in [0.15, 0.2) is 6.61 Å². The van der Waals surface area contributed by atoms with Crippen LogP contribution in [-0.2, 0) is 14.8 Å². The van der Waals surface area contributed by atoms with Gasteiger partial charge in [0.05, 0.1) is 16.4 Å². The zero-order valence-electron chi connectivity index (χ0n) is 11.8. The maximum Gasteiger partial charge on any atom is 0.265 e. The highest BCUT2D eigenvalue weighted by Gasteiger charge is 2.25. The molecule has 3 N–H and O–H groups in total. The van der Waals surface area contributed by atoms with Crippen LogP contribution in [-0.4, -0.2) is 26.0 Å². The highest BCUT2D eigenvalue weighted by atomic mass is 35.5. The molecule has 10 heteroatoms. The molecule has 2 aromatic carbocycles. The Balaban J connectivity index is 1.97. The molecule has 0 aliphatic carbocycles. The standard InChI is InChI=1S/C14H10ClFN2O5S/c15-8-3-7(1-2-9(8)16)18-24(21,22)13-5-12-10(4-11(13)19)17-14(20)6-23-12/h1-5,18-19H,6H2,(H,17,20). The number of anilines is 2. The number of aromatic hydroxyl groups is 1. The predicted octanol–water partition coefficient (Wildman–Crippen LogP) is 2.32. The van der Waals surface area contributed by atoms with Crippen molar-refractivity contribution in [3.05, 3.63) is 41.2 Å². The van der Waals surface area contributed by atoms with Crippen LogP contribution in [0.2, 0.25) is 5.02 Å². The van der Waals surface area contributed by atoms with Crippen LogP contribution in [0.25, 0.3) is 0 Å².